The van der Waals surface area contributed by atoms with E-state index in [0.29, 0.717) is 16.3 Å². The van der Waals surface area contributed by atoms with Gasteiger partial charge in [0, 0.05) is 9.35 Å². The number of hydrogen-bond donors (Lipinski definition) is 1. The summed E-state index contributed by atoms with van der Waals surface area (Å²) in [5.41, 5.74) is 0.353. The van der Waals surface area contributed by atoms with Gasteiger partial charge in [-0.15, -0.1) is 11.3 Å². The Labute approximate surface area is 148 Å². The summed E-state index contributed by atoms with van der Waals surface area (Å²) in [6.07, 6.45) is 0. The number of thiophene rings is 1. The molecule has 0 atom stereocenters. The van der Waals surface area contributed by atoms with Gasteiger partial charge in [-0.25, -0.2) is 0 Å². The smallest absolute Gasteiger partial charge is 0.268 e. The maximum atomic E-state index is 12.5. The average molecular weight is 393 g/mol. The number of nitriles is 1. The number of ether oxygens (including phenoxy) is 1. The quantitative estimate of drug-likeness (QED) is 0.812. The fourth-order valence-electron chi connectivity index (χ4n) is 1.95. The highest BCUT2D eigenvalue weighted by molar-refractivity contribution is 9.10. The molecule has 0 radical (unpaired) electrons. The van der Waals surface area contributed by atoms with Crippen LogP contribution in [-0.2, 0) is 4.79 Å². The van der Waals surface area contributed by atoms with Gasteiger partial charge < -0.3 is 10.1 Å². The van der Waals surface area contributed by atoms with Gasteiger partial charge in [0.05, 0.1) is 5.56 Å². The molecule has 0 fully saturated rings. The third kappa shape index (κ3) is 3.92. The van der Waals surface area contributed by atoms with Crippen LogP contribution in [0, 0.1) is 25.2 Å². The Morgan fingerprint density at radius 3 is 2.48 bits per heavy atom. The summed E-state index contributed by atoms with van der Waals surface area (Å²) in [6, 6.07) is 9.43. The number of aryl methyl sites for hydroxylation is 1. The molecule has 0 aliphatic heterocycles. The number of nitrogens with zero attached hydrogens (tertiary/aromatic N) is 1. The van der Waals surface area contributed by atoms with Gasteiger partial charge >= 0.3 is 0 Å². The van der Waals surface area contributed by atoms with Crippen molar-refractivity contribution in [1.29, 1.82) is 5.26 Å². The standard InChI is InChI=1S/C17H17BrN2O2S/c1-10-11(2)23-15(14(10)9-19)20-16(21)17(3,4)22-13-7-5-12(18)6-8-13/h5-8H,1-4H3,(H,20,21). The Kier molecular flexibility index (Phi) is 5.12. The number of amides is 1. The van der Waals surface area contributed by atoms with E-state index in [0.717, 1.165) is 14.9 Å². The van der Waals surface area contributed by atoms with Gasteiger partial charge in [0.15, 0.2) is 5.60 Å². The first-order valence-electron chi connectivity index (χ1n) is 7.00. The van der Waals surface area contributed by atoms with E-state index < -0.39 is 5.60 Å². The Balaban J connectivity index is 2.17. The Morgan fingerprint density at radius 2 is 1.91 bits per heavy atom. The molecule has 1 amide bonds. The maximum Gasteiger partial charge on any atom is 0.268 e. The van der Waals surface area contributed by atoms with Crippen molar-refractivity contribution in [2.75, 3.05) is 5.32 Å². The van der Waals surface area contributed by atoms with E-state index in [-0.39, 0.29) is 5.91 Å². The summed E-state index contributed by atoms with van der Waals surface area (Å²) in [5, 5.41) is 12.6. The van der Waals surface area contributed by atoms with Crippen molar-refractivity contribution < 1.29 is 9.53 Å². The zero-order valence-corrected chi connectivity index (χ0v) is 15.8. The molecule has 1 aromatic heterocycles. The predicted octanol–water partition coefficient (Wildman–Crippen LogP) is 4.80. The molecule has 0 aliphatic carbocycles. The lowest BCUT2D eigenvalue weighted by Gasteiger charge is -2.25. The van der Waals surface area contributed by atoms with E-state index in [1.54, 1.807) is 26.0 Å². The molecule has 1 aromatic carbocycles. The monoisotopic (exact) mass is 392 g/mol. The van der Waals surface area contributed by atoms with Crippen molar-refractivity contribution in [3.63, 3.8) is 0 Å². The molecule has 2 aromatic rings. The third-order valence-electron chi connectivity index (χ3n) is 3.46. The number of nitrogens with one attached hydrogen (secondary N) is 1. The van der Waals surface area contributed by atoms with E-state index >= 15 is 0 Å². The van der Waals surface area contributed by atoms with Crippen LogP contribution >= 0.6 is 27.3 Å². The van der Waals surface area contributed by atoms with Gasteiger partial charge in [0.25, 0.3) is 5.91 Å². The van der Waals surface area contributed by atoms with Crippen LogP contribution in [0.2, 0.25) is 0 Å². The highest BCUT2D eigenvalue weighted by atomic mass is 79.9. The van der Waals surface area contributed by atoms with Crippen LogP contribution in [0.4, 0.5) is 5.00 Å². The van der Waals surface area contributed by atoms with E-state index in [1.807, 2.05) is 26.0 Å². The zero-order valence-electron chi connectivity index (χ0n) is 13.4. The minimum Gasteiger partial charge on any atom is -0.478 e. The van der Waals surface area contributed by atoms with Crippen molar-refractivity contribution >= 4 is 38.2 Å². The van der Waals surface area contributed by atoms with Crippen molar-refractivity contribution in [1.82, 2.24) is 0 Å². The van der Waals surface area contributed by atoms with Gasteiger partial charge in [-0.05, 0) is 57.5 Å². The third-order valence-corrected chi connectivity index (χ3v) is 5.11. The first kappa shape index (κ1) is 17.5. The van der Waals surface area contributed by atoms with Crippen LogP contribution < -0.4 is 10.1 Å². The molecule has 0 spiro atoms. The molecule has 6 heteroatoms. The summed E-state index contributed by atoms with van der Waals surface area (Å²) in [4.78, 5) is 13.6. The molecule has 0 bridgehead atoms. The molecule has 0 saturated carbocycles. The largest absolute Gasteiger partial charge is 0.478 e. The van der Waals surface area contributed by atoms with Crippen LogP contribution in [0.5, 0.6) is 5.75 Å². The summed E-state index contributed by atoms with van der Waals surface area (Å²) >= 11 is 4.76. The number of carbonyl (C=O) groups is 1. The second-order valence-corrected chi connectivity index (χ2v) is 7.76. The highest BCUT2D eigenvalue weighted by Crippen LogP contribution is 2.32. The first-order chi connectivity index (χ1) is 10.7. The summed E-state index contributed by atoms with van der Waals surface area (Å²) < 4.78 is 6.73. The van der Waals surface area contributed by atoms with Gasteiger partial charge in [0.1, 0.15) is 16.8 Å². The van der Waals surface area contributed by atoms with Crippen molar-refractivity contribution in [2.24, 2.45) is 0 Å². The number of rotatable bonds is 4. The molecule has 120 valence electrons. The van der Waals surface area contributed by atoms with Crippen LogP contribution in [-0.4, -0.2) is 11.5 Å². The number of halogens is 1. The number of carbonyl (C=O) groups excluding carboxylic acids is 1. The minimum atomic E-state index is -1.06. The second kappa shape index (κ2) is 6.73. The lowest BCUT2D eigenvalue weighted by atomic mass is 10.1. The van der Waals surface area contributed by atoms with Crippen molar-refractivity contribution in [3.8, 4) is 11.8 Å². The molecule has 0 saturated heterocycles. The number of benzene rings is 1. The van der Waals surface area contributed by atoms with Gasteiger partial charge in [-0.1, -0.05) is 15.9 Å². The van der Waals surface area contributed by atoms with Crippen LogP contribution in [0.3, 0.4) is 0 Å². The second-order valence-electron chi connectivity index (χ2n) is 5.62. The van der Waals surface area contributed by atoms with E-state index in [1.165, 1.54) is 11.3 Å². The maximum absolute atomic E-state index is 12.5. The molecular weight excluding hydrogens is 376 g/mol. The van der Waals surface area contributed by atoms with Crippen LogP contribution in [0.1, 0.15) is 29.9 Å². The lowest BCUT2D eigenvalue weighted by Crippen LogP contribution is -2.42. The fourth-order valence-corrected chi connectivity index (χ4v) is 3.22. The van der Waals surface area contributed by atoms with E-state index in [9.17, 15) is 10.1 Å². The topological polar surface area (TPSA) is 62.1 Å². The Hall–Kier alpha value is -1.84. The molecule has 2 rings (SSSR count). The predicted molar refractivity (Wildman–Crippen MR) is 96.0 cm³/mol. The van der Waals surface area contributed by atoms with Crippen LogP contribution in [0.15, 0.2) is 28.7 Å². The van der Waals surface area contributed by atoms with Crippen molar-refractivity contribution in [3.05, 3.63) is 44.7 Å². The molecule has 4 nitrogen and oxygen atoms in total. The summed E-state index contributed by atoms with van der Waals surface area (Å²) in [6.45, 7) is 7.21. The highest BCUT2D eigenvalue weighted by Gasteiger charge is 2.31. The first-order valence-corrected chi connectivity index (χ1v) is 8.61. The van der Waals surface area contributed by atoms with Gasteiger partial charge in [0.2, 0.25) is 0 Å². The normalized spacial score (nSPS) is 11.0. The molecule has 1 heterocycles. The van der Waals surface area contributed by atoms with Crippen molar-refractivity contribution in [2.45, 2.75) is 33.3 Å². The van der Waals surface area contributed by atoms with Gasteiger partial charge in [-0.2, -0.15) is 5.26 Å². The van der Waals surface area contributed by atoms with E-state index in [4.69, 9.17) is 4.74 Å². The summed E-state index contributed by atoms with van der Waals surface area (Å²) in [5.74, 6) is 0.311. The fraction of sp³-hybridized carbons (Fsp3) is 0.294. The Bertz CT molecular complexity index is 773. The van der Waals surface area contributed by atoms with Crippen LogP contribution in [0.25, 0.3) is 0 Å². The molecule has 0 aliphatic rings. The molecule has 23 heavy (non-hydrogen) atoms. The van der Waals surface area contributed by atoms with Gasteiger partial charge in [-0.3, -0.25) is 4.79 Å². The number of anilines is 1. The molecule has 0 unspecified atom stereocenters. The Morgan fingerprint density at radius 1 is 1.30 bits per heavy atom. The molecular formula is C17H17BrN2O2S. The zero-order chi connectivity index (χ0) is 17.2. The number of hydrogen-bond acceptors (Lipinski definition) is 4. The molecule has 1 N–H and O–H groups in total. The average Bonchev–Trinajstić information content (AvgIpc) is 2.75. The minimum absolute atomic E-state index is 0.293. The lowest BCUT2D eigenvalue weighted by molar-refractivity contribution is -0.128. The van der Waals surface area contributed by atoms with E-state index in [2.05, 4.69) is 27.3 Å². The summed E-state index contributed by atoms with van der Waals surface area (Å²) in [7, 11) is 0. The SMILES string of the molecule is Cc1sc(NC(=O)C(C)(C)Oc2ccc(Br)cc2)c(C#N)c1C.